The Morgan fingerprint density at radius 1 is 1.31 bits per heavy atom. The quantitative estimate of drug-likeness (QED) is 0.186. The topological polar surface area (TPSA) is 119 Å². The number of hydrogen-bond acceptors (Lipinski definition) is 8. The van der Waals surface area contributed by atoms with Crippen LogP contribution in [0, 0.1) is 16.0 Å². The van der Waals surface area contributed by atoms with Gasteiger partial charge in [-0.05, 0) is 49.0 Å². The average Bonchev–Trinajstić information content (AvgIpc) is 2.68. The lowest BCUT2D eigenvalue weighted by Crippen LogP contribution is -2.68. The number of ether oxygens (including phenoxy) is 1. The van der Waals surface area contributed by atoms with E-state index in [0.29, 0.717) is 5.56 Å². The molecule has 0 aromatic heterocycles. The summed E-state index contributed by atoms with van der Waals surface area (Å²) in [6.45, 7) is 12.3. The van der Waals surface area contributed by atoms with Gasteiger partial charge in [0.2, 0.25) is 12.1 Å². The Labute approximate surface area is 193 Å². The minimum Gasteiger partial charge on any atom is -0.457 e. The summed E-state index contributed by atoms with van der Waals surface area (Å²) < 4.78 is 11.5. The molecule has 32 heavy (non-hydrogen) atoms. The molecular formula is C21H32N2O7SSi. The van der Waals surface area contributed by atoms with Crippen LogP contribution in [0.3, 0.4) is 0 Å². The maximum atomic E-state index is 12.8. The van der Waals surface area contributed by atoms with Crippen LogP contribution in [0.2, 0.25) is 18.1 Å². The van der Waals surface area contributed by atoms with Crippen LogP contribution in [0.1, 0.15) is 33.3 Å². The zero-order valence-corrected chi connectivity index (χ0v) is 21.3. The van der Waals surface area contributed by atoms with Gasteiger partial charge in [-0.25, -0.2) is 4.79 Å². The van der Waals surface area contributed by atoms with Crippen LogP contribution in [0.5, 0.6) is 0 Å². The summed E-state index contributed by atoms with van der Waals surface area (Å²) in [5.41, 5.74) is 0.455. The van der Waals surface area contributed by atoms with Crippen molar-refractivity contribution < 1.29 is 28.8 Å². The summed E-state index contributed by atoms with van der Waals surface area (Å²) in [5, 5.41) is 20.8. The Kier molecular flexibility index (Phi) is 8.13. The number of esters is 1. The van der Waals surface area contributed by atoms with Gasteiger partial charge in [-0.15, -0.1) is 11.8 Å². The maximum absolute atomic E-state index is 12.8. The summed E-state index contributed by atoms with van der Waals surface area (Å²) in [6, 6.07) is 5.54. The molecule has 4 unspecified atom stereocenters. The molecule has 11 heteroatoms. The van der Waals surface area contributed by atoms with E-state index in [1.54, 1.807) is 0 Å². The van der Waals surface area contributed by atoms with Crippen molar-refractivity contribution in [1.82, 2.24) is 4.90 Å². The van der Waals surface area contributed by atoms with E-state index in [0.717, 1.165) is 4.90 Å². The molecule has 0 saturated carbocycles. The van der Waals surface area contributed by atoms with Crippen LogP contribution >= 0.6 is 11.8 Å². The Hall–Kier alpha value is -1.95. The normalized spacial score (nSPS) is 21.0. The Bertz CT molecular complexity index is 857. The first kappa shape index (κ1) is 26.3. The summed E-state index contributed by atoms with van der Waals surface area (Å²) in [6.07, 6.45) is -0.264. The highest BCUT2D eigenvalue weighted by atomic mass is 32.2. The van der Waals surface area contributed by atoms with Crippen LogP contribution in [0.15, 0.2) is 24.3 Å². The van der Waals surface area contributed by atoms with Gasteiger partial charge in [-0.1, -0.05) is 20.8 Å². The second-order valence-electron chi connectivity index (χ2n) is 9.39. The number of amides is 1. The molecule has 0 spiro atoms. The van der Waals surface area contributed by atoms with Crippen LogP contribution in [-0.2, 0) is 25.4 Å². The second kappa shape index (κ2) is 9.90. The van der Waals surface area contributed by atoms with E-state index in [2.05, 4.69) is 33.9 Å². The van der Waals surface area contributed by atoms with Crippen LogP contribution < -0.4 is 0 Å². The van der Waals surface area contributed by atoms with Gasteiger partial charge in [0.15, 0.2) is 8.32 Å². The zero-order chi connectivity index (χ0) is 24.4. The Morgan fingerprint density at radius 3 is 2.34 bits per heavy atom. The summed E-state index contributed by atoms with van der Waals surface area (Å²) in [4.78, 5) is 36.5. The van der Waals surface area contributed by atoms with E-state index in [4.69, 9.17) is 9.16 Å². The first-order chi connectivity index (χ1) is 14.7. The number of rotatable bonds is 9. The van der Waals surface area contributed by atoms with E-state index in [1.165, 1.54) is 36.0 Å². The fourth-order valence-corrected chi connectivity index (χ4v) is 5.74. The molecule has 9 nitrogen and oxygen atoms in total. The molecule has 0 bridgehead atoms. The van der Waals surface area contributed by atoms with Gasteiger partial charge in [0, 0.05) is 12.1 Å². The van der Waals surface area contributed by atoms with Gasteiger partial charge in [-0.2, -0.15) is 0 Å². The minimum atomic E-state index is -2.09. The SMILES string of the molecule is CSC1C(C(C)O[Si](C)(C)C(C)(C)C)C(=O)N1C(O)C(=O)OCc1ccc([N+](=O)[O-])cc1. The molecule has 4 atom stereocenters. The number of carbonyl (C=O) groups is 2. The van der Waals surface area contributed by atoms with E-state index in [-0.39, 0.29) is 29.3 Å². The van der Waals surface area contributed by atoms with Gasteiger partial charge in [0.1, 0.15) is 6.61 Å². The largest absolute Gasteiger partial charge is 0.457 e. The number of nitro benzene ring substituents is 1. The van der Waals surface area contributed by atoms with Gasteiger partial charge in [0.05, 0.1) is 22.3 Å². The molecule has 1 fully saturated rings. The number of hydrogen-bond donors (Lipinski definition) is 1. The molecule has 0 radical (unpaired) electrons. The van der Waals surface area contributed by atoms with Crippen molar-refractivity contribution in [1.29, 1.82) is 0 Å². The molecule has 0 aliphatic carbocycles. The number of aliphatic hydroxyl groups is 1. The van der Waals surface area contributed by atoms with E-state index in [1.807, 2.05) is 13.2 Å². The standard InChI is InChI=1S/C21H32N2O7SSi/c1-13(30-32(6,7)21(2,3)4)16-17(24)22(19(16)31-5)18(25)20(26)29-12-14-8-10-15(11-9-14)23(27)28/h8-11,13,16,18-19,25H,12H2,1-7H3. The van der Waals surface area contributed by atoms with Gasteiger partial charge in [-0.3, -0.25) is 19.8 Å². The molecule has 178 valence electrons. The van der Waals surface area contributed by atoms with Crippen molar-refractivity contribution >= 4 is 37.6 Å². The fourth-order valence-electron chi connectivity index (χ4n) is 3.23. The summed E-state index contributed by atoms with van der Waals surface area (Å²) >= 11 is 1.37. The van der Waals surface area contributed by atoms with Crippen molar-refractivity contribution in [2.45, 2.75) is 70.1 Å². The second-order valence-corrected chi connectivity index (χ2v) is 15.1. The van der Waals surface area contributed by atoms with E-state index >= 15 is 0 Å². The third-order valence-electron chi connectivity index (χ3n) is 6.16. The molecule has 1 aliphatic rings. The van der Waals surface area contributed by atoms with E-state index < -0.39 is 36.7 Å². The lowest BCUT2D eigenvalue weighted by Gasteiger charge is -2.51. The molecule has 2 rings (SSSR count). The van der Waals surface area contributed by atoms with Crippen molar-refractivity contribution in [2.75, 3.05) is 6.26 Å². The number of β-lactam (4-membered cyclic amide) rings is 1. The molecule has 1 N–H and O–H groups in total. The average molecular weight is 485 g/mol. The van der Waals surface area contributed by atoms with Gasteiger partial charge in [0.25, 0.3) is 5.69 Å². The lowest BCUT2D eigenvalue weighted by molar-refractivity contribution is -0.384. The molecule has 1 aliphatic heterocycles. The molecular weight excluding hydrogens is 452 g/mol. The highest BCUT2D eigenvalue weighted by Crippen LogP contribution is 2.43. The van der Waals surface area contributed by atoms with Crippen LogP contribution in [-0.4, -0.2) is 59.1 Å². The van der Waals surface area contributed by atoms with Crippen molar-refractivity contribution in [2.24, 2.45) is 5.92 Å². The van der Waals surface area contributed by atoms with Crippen molar-refractivity contribution in [3.05, 3.63) is 39.9 Å². The molecule has 1 aromatic carbocycles. The summed E-state index contributed by atoms with van der Waals surface area (Å²) in [5.74, 6) is -1.77. The van der Waals surface area contributed by atoms with Crippen LogP contribution in [0.4, 0.5) is 5.69 Å². The maximum Gasteiger partial charge on any atom is 0.356 e. The Morgan fingerprint density at radius 2 is 1.88 bits per heavy atom. The van der Waals surface area contributed by atoms with Crippen molar-refractivity contribution in [3.8, 4) is 0 Å². The number of thioether (sulfide) groups is 1. The number of nitrogens with zero attached hydrogens (tertiary/aromatic N) is 2. The van der Waals surface area contributed by atoms with Gasteiger partial charge >= 0.3 is 5.97 Å². The van der Waals surface area contributed by atoms with Crippen LogP contribution in [0.25, 0.3) is 0 Å². The number of carbonyl (C=O) groups excluding carboxylic acids is 2. The zero-order valence-electron chi connectivity index (χ0n) is 19.5. The fraction of sp³-hybridized carbons (Fsp3) is 0.619. The first-order valence-corrected chi connectivity index (χ1v) is 14.5. The summed E-state index contributed by atoms with van der Waals surface area (Å²) in [7, 11) is -2.09. The van der Waals surface area contributed by atoms with Crippen molar-refractivity contribution in [3.63, 3.8) is 0 Å². The highest BCUT2D eigenvalue weighted by Gasteiger charge is 2.55. The lowest BCUT2D eigenvalue weighted by atomic mass is 9.92. The molecule has 1 saturated heterocycles. The van der Waals surface area contributed by atoms with Gasteiger partial charge < -0.3 is 14.3 Å². The molecule has 1 heterocycles. The number of benzene rings is 1. The molecule has 1 amide bonds. The predicted molar refractivity (Wildman–Crippen MR) is 124 cm³/mol. The monoisotopic (exact) mass is 484 g/mol. The Balaban J connectivity index is 1.99. The highest BCUT2D eigenvalue weighted by molar-refractivity contribution is 7.99. The number of nitro groups is 1. The number of likely N-dealkylation sites (tertiary alicyclic amines) is 1. The van der Waals surface area contributed by atoms with E-state index in [9.17, 15) is 24.8 Å². The predicted octanol–water partition coefficient (Wildman–Crippen LogP) is 3.51. The number of non-ortho nitro benzene ring substituents is 1. The molecule has 1 aromatic rings. The third-order valence-corrected chi connectivity index (χ3v) is 11.7. The minimum absolute atomic E-state index is 0.0101. The smallest absolute Gasteiger partial charge is 0.356 e. The third kappa shape index (κ3) is 5.51. The first-order valence-electron chi connectivity index (χ1n) is 10.3. The number of aliphatic hydroxyl groups excluding tert-OH is 1.